The van der Waals surface area contributed by atoms with Crippen molar-refractivity contribution in [3.63, 3.8) is 0 Å². The normalized spacial score (nSPS) is 12.2. The molecule has 0 saturated carbocycles. The molecule has 0 unspecified atom stereocenters. The van der Waals surface area contributed by atoms with Gasteiger partial charge in [0.2, 0.25) is 0 Å². The molecule has 0 aliphatic heterocycles. The lowest BCUT2D eigenvalue weighted by molar-refractivity contribution is 0.0696. The Hall–Kier alpha value is -8.00. The molecular formula is C76H85BrClF4N7O5. The Balaban J connectivity index is 0.000000219. The maximum atomic E-state index is 13.9. The molecule has 1 amide bonds. The van der Waals surface area contributed by atoms with Crippen molar-refractivity contribution in [2.45, 2.75) is 137 Å². The molecule has 0 bridgehead atoms. The summed E-state index contributed by atoms with van der Waals surface area (Å²) in [6.07, 6.45) is 11.6. The van der Waals surface area contributed by atoms with E-state index < -0.39 is 53.5 Å². The number of nitrogens with zero attached hydrogens (tertiary/aromatic N) is 3. The molecule has 496 valence electrons. The van der Waals surface area contributed by atoms with Crippen LogP contribution < -0.4 is 21.7 Å². The molecule has 0 aliphatic carbocycles. The van der Waals surface area contributed by atoms with E-state index in [9.17, 15) is 37.4 Å². The lowest BCUT2D eigenvalue weighted by Gasteiger charge is -2.25. The Morgan fingerprint density at radius 1 is 0.532 bits per heavy atom. The molecule has 7 aromatic carbocycles. The number of amides is 1. The predicted octanol–water partition coefficient (Wildman–Crippen LogP) is 16.0. The SMILES string of the molecule is C.CCCCc1nccc2ccc(C(=O)N[C@@H](Cc3cc(F)cc(F)c3)[C@H](O)CNCc3cccc(CC)c3)cc12.CCCCc1nccc2ccc(C(=O)O)cc12.CCc1cccc(CNC[C@@H](O)[C@@H](N)Cc2cc(F)cc(F)c2)c1.Clc1nccc2ccc(Br)cc12. The third kappa shape index (κ3) is 23.5. The molecule has 0 aliphatic rings. The zero-order valence-electron chi connectivity index (χ0n) is 52.8. The second-order valence-electron chi connectivity index (χ2n) is 22.8. The lowest BCUT2D eigenvalue weighted by atomic mass is 9.99. The molecule has 18 heteroatoms. The summed E-state index contributed by atoms with van der Waals surface area (Å²) >= 11 is 9.28. The smallest absolute Gasteiger partial charge is 0.335 e. The third-order valence-electron chi connectivity index (χ3n) is 15.6. The number of hydrogen-bond donors (Lipinski definition) is 7. The molecule has 0 saturated heterocycles. The summed E-state index contributed by atoms with van der Waals surface area (Å²) in [5.41, 5.74) is 14.1. The van der Waals surface area contributed by atoms with Gasteiger partial charge in [-0.3, -0.25) is 14.8 Å². The highest BCUT2D eigenvalue weighted by atomic mass is 79.9. The van der Waals surface area contributed by atoms with E-state index in [1.54, 1.807) is 36.8 Å². The van der Waals surface area contributed by atoms with E-state index in [1.807, 2.05) is 78.9 Å². The minimum atomic E-state index is -1.01. The van der Waals surface area contributed by atoms with E-state index in [4.69, 9.17) is 22.4 Å². The van der Waals surface area contributed by atoms with Crippen LogP contribution in [-0.4, -0.2) is 79.5 Å². The largest absolute Gasteiger partial charge is 0.478 e. The van der Waals surface area contributed by atoms with Gasteiger partial charge in [0.25, 0.3) is 5.91 Å². The minimum absolute atomic E-state index is 0. The fourth-order valence-corrected chi connectivity index (χ4v) is 11.1. The second-order valence-corrected chi connectivity index (χ2v) is 24.1. The number of carboxylic acids is 1. The van der Waals surface area contributed by atoms with Crippen molar-refractivity contribution in [1.82, 2.24) is 30.9 Å². The summed E-state index contributed by atoms with van der Waals surface area (Å²) in [5, 5.41) is 46.1. The summed E-state index contributed by atoms with van der Waals surface area (Å²) in [5.74, 6) is -3.95. The monoisotopic (exact) mass is 1370 g/mol. The number of benzene rings is 7. The van der Waals surface area contributed by atoms with E-state index >= 15 is 0 Å². The lowest BCUT2D eigenvalue weighted by Crippen LogP contribution is -2.48. The summed E-state index contributed by atoms with van der Waals surface area (Å²) in [4.78, 5) is 37.2. The number of aliphatic hydroxyl groups is 2. The number of fused-ring (bicyclic) bond motifs is 3. The Kier molecular flexibility index (Phi) is 30.6. The Labute approximate surface area is 562 Å². The molecule has 10 rings (SSSR count). The highest BCUT2D eigenvalue weighted by Gasteiger charge is 2.24. The minimum Gasteiger partial charge on any atom is -0.478 e. The number of aryl methyl sites for hydroxylation is 4. The fourth-order valence-electron chi connectivity index (χ4n) is 10.5. The molecule has 0 spiro atoms. The number of nitrogens with one attached hydrogen (secondary N) is 3. The third-order valence-corrected chi connectivity index (χ3v) is 16.4. The standard InChI is InChI=1S/C33H37F2N3O2.C19H24F2N2O.C14H15NO2.C9H5BrClN.CH4/c1-3-5-9-30-29-18-26(11-10-25(29)12-13-37-30)33(40)38-31(17-24-15-27(34)19-28(35)16-24)32(39)21-36-20-23-8-6-7-22(4-2)14-23;1-2-13-4-3-5-14(6-13)11-23-12-19(24)18(22)9-15-7-16(20)10-17(21)8-15;1-2-3-4-13-12-9-11(14(16)17)6-5-10(12)7-8-15-13;10-7-2-1-6-3-4-12-9(11)8(6)5-7;/h6-8,10-16,18-19,31-32,36,39H,3-5,9,17,20-21H2,1-2H3,(H,38,40);3-8,10,18-19,23-24H,2,9,11-12,22H2,1H3;5-9H,2-4H2,1H3,(H,16,17);1-5H;1H4/t31-,32+;18-,19+;;;/m00.../s1. The van der Waals surface area contributed by atoms with E-state index in [1.165, 1.54) is 35.4 Å². The molecule has 10 aromatic rings. The van der Waals surface area contributed by atoms with E-state index in [0.717, 1.165) is 123 Å². The van der Waals surface area contributed by atoms with E-state index in [2.05, 4.69) is 98.8 Å². The summed E-state index contributed by atoms with van der Waals surface area (Å²) < 4.78 is 55.2. The first-order valence-corrected chi connectivity index (χ1v) is 32.6. The van der Waals surface area contributed by atoms with Crippen molar-refractivity contribution in [2.24, 2.45) is 5.73 Å². The van der Waals surface area contributed by atoms with Crippen LogP contribution in [0.3, 0.4) is 0 Å². The van der Waals surface area contributed by atoms with Crippen LogP contribution in [-0.2, 0) is 51.6 Å². The highest BCUT2D eigenvalue weighted by Crippen LogP contribution is 2.26. The van der Waals surface area contributed by atoms with Gasteiger partial charge in [0, 0.05) is 101 Å². The van der Waals surface area contributed by atoms with Gasteiger partial charge in [-0.25, -0.2) is 27.3 Å². The number of unbranched alkanes of at least 4 members (excludes halogenated alkanes) is 2. The van der Waals surface area contributed by atoms with Crippen LogP contribution in [0.1, 0.15) is 126 Å². The van der Waals surface area contributed by atoms with Crippen molar-refractivity contribution >= 4 is 71.7 Å². The van der Waals surface area contributed by atoms with Gasteiger partial charge >= 0.3 is 5.97 Å². The first-order valence-electron chi connectivity index (χ1n) is 31.4. The number of nitrogens with two attached hydrogens (primary N) is 1. The molecule has 8 N–H and O–H groups in total. The first kappa shape index (κ1) is 75.0. The fraction of sp³-hybridized carbons (Fsp3) is 0.303. The van der Waals surface area contributed by atoms with Crippen molar-refractivity contribution in [3.05, 3.63) is 265 Å². The topological polar surface area (TPSA) is 196 Å². The molecule has 0 fully saturated rings. The number of carboxylic acid groups (broad SMARTS) is 1. The number of carbonyl (C=O) groups excluding carboxylic acids is 1. The molecule has 12 nitrogen and oxygen atoms in total. The van der Waals surface area contributed by atoms with Crippen molar-refractivity contribution in [1.29, 1.82) is 0 Å². The Bertz CT molecular complexity index is 4030. The van der Waals surface area contributed by atoms with Crippen LogP contribution in [0.15, 0.2) is 181 Å². The number of halogens is 6. The quantitative estimate of drug-likeness (QED) is 0.0212. The average Bonchev–Trinajstić information content (AvgIpc) is 0.841. The van der Waals surface area contributed by atoms with Crippen molar-refractivity contribution < 1.29 is 42.5 Å². The van der Waals surface area contributed by atoms with Gasteiger partial charge in [-0.05, 0) is 180 Å². The van der Waals surface area contributed by atoms with Gasteiger partial charge in [0.05, 0.1) is 23.8 Å². The summed E-state index contributed by atoms with van der Waals surface area (Å²) in [6.45, 7) is 10.1. The first-order chi connectivity index (χ1) is 44.8. The maximum absolute atomic E-state index is 13.9. The van der Waals surface area contributed by atoms with Crippen LogP contribution in [0, 0.1) is 23.3 Å². The predicted molar refractivity (Wildman–Crippen MR) is 375 cm³/mol. The van der Waals surface area contributed by atoms with Gasteiger partial charge in [-0.1, -0.05) is 142 Å². The Morgan fingerprint density at radius 3 is 1.48 bits per heavy atom. The van der Waals surface area contributed by atoms with Crippen molar-refractivity contribution in [3.8, 4) is 0 Å². The van der Waals surface area contributed by atoms with Crippen LogP contribution >= 0.6 is 27.5 Å². The molecule has 3 heterocycles. The second kappa shape index (κ2) is 38.4. The van der Waals surface area contributed by atoms with Crippen LogP contribution in [0.5, 0.6) is 0 Å². The van der Waals surface area contributed by atoms with Gasteiger partial charge in [-0.2, -0.15) is 0 Å². The van der Waals surface area contributed by atoms with Crippen LogP contribution in [0.4, 0.5) is 17.6 Å². The molecule has 3 aromatic heterocycles. The summed E-state index contributed by atoms with van der Waals surface area (Å²) in [7, 11) is 0. The zero-order chi connectivity index (χ0) is 66.8. The number of hydrogen-bond acceptors (Lipinski definition) is 10. The van der Waals surface area contributed by atoms with Crippen LogP contribution in [0.2, 0.25) is 5.15 Å². The zero-order valence-corrected chi connectivity index (χ0v) is 55.1. The van der Waals surface area contributed by atoms with E-state index in [-0.39, 0.29) is 32.7 Å². The molecule has 0 radical (unpaired) electrons. The van der Waals surface area contributed by atoms with Gasteiger partial charge in [-0.15, -0.1) is 0 Å². The number of pyridine rings is 3. The number of aromatic nitrogens is 3. The van der Waals surface area contributed by atoms with Gasteiger partial charge < -0.3 is 37.0 Å². The van der Waals surface area contributed by atoms with Crippen LogP contribution in [0.25, 0.3) is 32.3 Å². The Morgan fingerprint density at radius 2 is 0.979 bits per heavy atom. The highest BCUT2D eigenvalue weighted by molar-refractivity contribution is 9.10. The number of aromatic carboxylic acids is 1. The summed E-state index contributed by atoms with van der Waals surface area (Å²) in [6, 6.07) is 43.9. The molecule has 4 atom stereocenters. The molecule has 94 heavy (non-hydrogen) atoms. The molecular weight excluding hydrogens is 1280 g/mol. The van der Waals surface area contributed by atoms with Gasteiger partial charge in [0.1, 0.15) is 28.4 Å². The number of aliphatic hydroxyl groups excluding tert-OH is 2. The van der Waals surface area contributed by atoms with E-state index in [0.29, 0.717) is 47.0 Å². The van der Waals surface area contributed by atoms with Crippen molar-refractivity contribution in [2.75, 3.05) is 13.1 Å². The maximum Gasteiger partial charge on any atom is 0.335 e. The number of carbonyl (C=O) groups is 2. The average molecular weight is 1370 g/mol. The number of rotatable bonds is 25. The van der Waals surface area contributed by atoms with Gasteiger partial charge in [0.15, 0.2) is 0 Å².